The first-order valence-electron chi connectivity index (χ1n) is 6.19. The van der Waals surface area contributed by atoms with Gasteiger partial charge in [-0.1, -0.05) is 32.0 Å². The fraction of sp³-hybridized carbons (Fsp3) is 0.429. The van der Waals surface area contributed by atoms with Gasteiger partial charge in [0.25, 0.3) is 0 Å². The maximum atomic E-state index is 3.44. The van der Waals surface area contributed by atoms with Crippen molar-refractivity contribution < 1.29 is 0 Å². The monoisotopic (exact) mass is 248 g/mol. The summed E-state index contributed by atoms with van der Waals surface area (Å²) in [6.45, 7) is 5.47. The molecular formula is C14H20N2S. The number of hydrogen-bond acceptors (Lipinski definition) is 2. The average molecular weight is 248 g/mol. The Morgan fingerprint density at radius 1 is 1.29 bits per heavy atom. The van der Waals surface area contributed by atoms with Crippen LogP contribution in [0.15, 0.2) is 35.4 Å². The third-order valence-electron chi connectivity index (χ3n) is 2.64. The zero-order chi connectivity index (χ0) is 12.1. The molecule has 0 atom stereocenters. The van der Waals surface area contributed by atoms with E-state index < -0.39 is 0 Å². The van der Waals surface area contributed by atoms with Crippen molar-refractivity contribution >= 4 is 22.7 Å². The SMILES string of the molecule is CC(C)NCCCSc1cc2ccccc2[nH]1. The van der Waals surface area contributed by atoms with Crippen LogP contribution in [0.25, 0.3) is 10.9 Å². The quantitative estimate of drug-likeness (QED) is 0.603. The molecule has 0 bridgehead atoms. The van der Waals surface area contributed by atoms with E-state index in [1.54, 1.807) is 0 Å². The van der Waals surface area contributed by atoms with Crippen molar-refractivity contribution in [1.29, 1.82) is 0 Å². The number of aromatic amines is 1. The minimum Gasteiger partial charge on any atom is -0.350 e. The van der Waals surface area contributed by atoms with E-state index in [9.17, 15) is 0 Å². The van der Waals surface area contributed by atoms with Crippen molar-refractivity contribution in [2.45, 2.75) is 31.3 Å². The molecule has 0 aliphatic heterocycles. The predicted octanol–water partition coefficient (Wildman–Crippen LogP) is 3.65. The van der Waals surface area contributed by atoms with Gasteiger partial charge in [-0.05, 0) is 25.1 Å². The van der Waals surface area contributed by atoms with Gasteiger partial charge in [0.1, 0.15) is 0 Å². The van der Waals surface area contributed by atoms with Gasteiger partial charge in [0.2, 0.25) is 0 Å². The molecule has 1 aromatic heterocycles. The largest absolute Gasteiger partial charge is 0.350 e. The van der Waals surface area contributed by atoms with Gasteiger partial charge in [0, 0.05) is 22.7 Å². The van der Waals surface area contributed by atoms with Crippen molar-refractivity contribution in [2.24, 2.45) is 0 Å². The highest BCUT2D eigenvalue weighted by Crippen LogP contribution is 2.23. The molecule has 0 aliphatic rings. The number of aromatic nitrogens is 1. The van der Waals surface area contributed by atoms with Gasteiger partial charge < -0.3 is 10.3 Å². The predicted molar refractivity (Wildman–Crippen MR) is 76.8 cm³/mol. The molecule has 0 unspecified atom stereocenters. The lowest BCUT2D eigenvalue weighted by molar-refractivity contribution is 0.586. The Balaban J connectivity index is 1.79. The van der Waals surface area contributed by atoms with E-state index in [-0.39, 0.29) is 0 Å². The van der Waals surface area contributed by atoms with Gasteiger partial charge in [0.15, 0.2) is 0 Å². The zero-order valence-corrected chi connectivity index (χ0v) is 11.3. The topological polar surface area (TPSA) is 27.8 Å². The smallest absolute Gasteiger partial charge is 0.0732 e. The molecule has 0 saturated heterocycles. The molecule has 17 heavy (non-hydrogen) atoms. The minimum absolute atomic E-state index is 0.591. The lowest BCUT2D eigenvalue weighted by atomic mass is 10.3. The molecule has 2 aromatic rings. The summed E-state index contributed by atoms with van der Waals surface area (Å²) in [5.74, 6) is 1.16. The molecule has 0 amide bonds. The number of thioether (sulfide) groups is 1. The second-order valence-corrected chi connectivity index (χ2v) is 5.67. The van der Waals surface area contributed by atoms with Crippen LogP contribution < -0.4 is 5.32 Å². The van der Waals surface area contributed by atoms with Gasteiger partial charge >= 0.3 is 0 Å². The lowest BCUT2D eigenvalue weighted by Gasteiger charge is -2.06. The van der Waals surface area contributed by atoms with Crippen molar-refractivity contribution in [2.75, 3.05) is 12.3 Å². The number of benzene rings is 1. The maximum Gasteiger partial charge on any atom is 0.0732 e. The van der Waals surface area contributed by atoms with Crippen molar-refractivity contribution in [3.63, 3.8) is 0 Å². The molecule has 0 saturated carbocycles. The molecular weight excluding hydrogens is 228 g/mol. The van der Waals surface area contributed by atoms with Gasteiger partial charge in [0.05, 0.1) is 5.03 Å². The van der Waals surface area contributed by atoms with E-state index in [4.69, 9.17) is 0 Å². The standard InChI is InChI=1S/C14H20N2S/c1-11(2)15-8-5-9-17-14-10-12-6-3-4-7-13(12)16-14/h3-4,6-7,10-11,15-16H,5,8-9H2,1-2H3. The molecule has 92 valence electrons. The molecule has 0 radical (unpaired) electrons. The van der Waals surface area contributed by atoms with Crippen LogP contribution in [0.1, 0.15) is 20.3 Å². The number of para-hydroxylation sites is 1. The Hall–Kier alpha value is -0.930. The van der Waals surface area contributed by atoms with Crippen molar-refractivity contribution in [3.05, 3.63) is 30.3 Å². The van der Waals surface area contributed by atoms with Crippen LogP contribution in [-0.2, 0) is 0 Å². The number of H-pyrrole nitrogens is 1. The van der Waals surface area contributed by atoms with Gasteiger partial charge in [-0.25, -0.2) is 0 Å². The highest BCUT2D eigenvalue weighted by molar-refractivity contribution is 7.99. The first-order valence-corrected chi connectivity index (χ1v) is 7.18. The van der Waals surface area contributed by atoms with Crippen LogP contribution >= 0.6 is 11.8 Å². The second-order valence-electron chi connectivity index (χ2n) is 4.53. The van der Waals surface area contributed by atoms with Gasteiger partial charge in [-0.3, -0.25) is 0 Å². The minimum atomic E-state index is 0.591. The van der Waals surface area contributed by atoms with E-state index in [0.29, 0.717) is 6.04 Å². The molecule has 2 nitrogen and oxygen atoms in total. The molecule has 0 aliphatic carbocycles. The summed E-state index contributed by atoms with van der Waals surface area (Å²) >= 11 is 1.90. The van der Waals surface area contributed by atoms with Crippen LogP contribution in [0, 0.1) is 0 Å². The summed E-state index contributed by atoms with van der Waals surface area (Å²) in [6, 6.07) is 11.2. The molecule has 1 aromatic carbocycles. The molecule has 2 rings (SSSR count). The first-order chi connectivity index (χ1) is 8.25. The number of hydrogen-bond donors (Lipinski definition) is 2. The Kier molecular flexibility index (Phi) is 4.51. The second kappa shape index (κ2) is 6.12. The van der Waals surface area contributed by atoms with Crippen molar-refractivity contribution in [1.82, 2.24) is 10.3 Å². The van der Waals surface area contributed by atoms with E-state index in [2.05, 4.69) is 54.5 Å². The summed E-state index contributed by atoms with van der Waals surface area (Å²) in [5.41, 5.74) is 1.23. The Labute approximate surface area is 107 Å². The first kappa shape index (κ1) is 12.5. The molecule has 0 fully saturated rings. The molecule has 1 heterocycles. The summed E-state index contributed by atoms with van der Waals surface area (Å²) in [5, 5.41) is 6.01. The lowest BCUT2D eigenvalue weighted by Crippen LogP contribution is -2.23. The third kappa shape index (κ3) is 3.79. The molecule has 0 spiro atoms. The fourth-order valence-corrected chi connectivity index (χ4v) is 2.67. The fourth-order valence-electron chi connectivity index (χ4n) is 1.77. The number of fused-ring (bicyclic) bond motifs is 1. The van der Waals surface area contributed by atoms with Crippen LogP contribution in [0.5, 0.6) is 0 Å². The van der Waals surface area contributed by atoms with E-state index >= 15 is 0 Å². The number of rotatable bonds is 6. The molecule has 3 heteroatoms. The van der Waals surface area contributed by atoms with Crippen LogP contribution in [0.3, 0.4) is 0 Å². The Morgan fingerprint density at radius 3 is 2.88 bits per heavy atom. The zero-order valence-electron chi connectivity index (χ0n) is 10.5. The highest BCUT2D eigenvalue weighted by atomic mass is 32.2. The highest BCUT2D eigenvalue weighted by Gasteiger charge is 2.00. The maximum absolute atomic E-state index is 3.44. The third-order valence-corrected chi connectivity index (χ3v) is 3.66. The average Bonchev–Trinajstić information content (AvgIpc) is 2.70. The van der Waals surface area contributed by atoms with Crippen molar-refractivity contribution in [3.8, 4) is 0 Å². The normalized spacial score (nSPS) is 11.5. The van der Waals surface area contributed by atoms with E-state index in [0.717, 1.165) is 12.3 Å². The van der Waals surface area contributed by atoms with Gasteiger partial charge in [-0.15, -0.1) is 11.8 Å². The number of nitrogens with one attached hydrogen (secondary N) is 2. The Bertz CT molecular complexity index is 429. The summed E-state index contributed by atoms with van der Waals surface area (Å²) in [6.07, 6.45) is 1.21. The summed E-state index contributed by atoms with van der Waals surface area (Å²) < 4.78 is 0. The van der Waals surface area contributed by atoms with Crippen LogP contribution in [0.4, 0.5) is 0 Å². The van der Waals surface area contributed by atoms with Crippen LogP contribution in [0.2, 0.25) is 0 Å². The summed E-state index contributed by atoms with van der Waals surface area (Å²) in [4.78, 5) is 3.44. The van der Waals surface area contributed by atoms with E-state index in [1.807, 2.05) is 11.8 Å². The van der Waals surface area contributed by atoms with E-state index in [1.165, 1.54) is 22.3 Å². The Morgan fingerprint density at radius 2 is 2.12 bits per heavy atom. The van der Waals surface area contributed by atoms with Crippen LogP contribution in [-0.4, -0.2) is 23.3 Å². The van der Waals surface area contributed by atoms with Gasteiger partial charge in [-0.2, -0.15) is 0 Å². The summed E-state index contributed by atoms with van der Waals surface area (Å²) in [7, 11) is 0. The molecule has 2 N–H and O–H groups in total.